The predicted octanol–water partition coefficient (Wildman–Crippen LogP) is 2.63. The highest BCUT2D eigenvalue weighted by Crippen LogP contribution is 2.13. The Kier molecular flexibility index (Phi) is 5.80. The molecule has 7 nitrogen and oxygen atoms in total. The van der Waals surface area contributed by atoms with Crippen LogP contribution in [0.4, 0.5) is 0 Å². The number of imidazole rings is 1. The van der Waals surface area contributed by atoms with Crippen LogP contribution < -0.4 is 10.6 Å². The third-order valence-electron chi connectivity index (χ3n) is 4.71. The summed E-state index contributed by atoms with van der Waals surface area (Å²) in [6, 6.07) is 19.0. The molecular formula is C23H21N5O2. The molecule has 3 heterocycles. The first-order valence-corrected chi connectivity index (χ1v) is 9.68. The highest BCUT2D eigenvalue weighted by atomic mass is 16.2. The molecule has 2 N–H and O–H groups in total. The van der Waals surface area contributed by atoms with Gasteiger partial charge in [0.05, 0.1) is 5.52 Å². The van der Waals surface area contributed by atoms with Gasteiger partial charge in [0.15, 0.2) is 5.69 Å². The number of nitrogens with zero attached hydrogens (tertiary/aromatic N) is 3. The summed E-state index contributed by atoms with van der Waals surface area (Å²) in [5, 5.41) is 5.74. The fraction of sp³-hybridized carbons (Fsp3) is 0.130. The van der Waals surface area contributed by atoms with Gasteiger partial charge in [0.2, 0.25) is 5.82 Å². The van der Waals surface area contributed by atoms with Crippen LogP contribution >= 0.6 is 0 Å². The SMILES string of the molecule is O=C(NCCc1ccccc1)c1nc(C(=O)NCc2ccncc2)n2ccccc12. The van der Waals surface area contributed by atoms with Crippen molar-refractivity contribution < 1.29 is 9.59 Å². The van der Waals surface area contributed by atoms with Crippen molar-refractivity contribution in [3.05, 3.63) is 102 Å². The molecule has 0 aliphatic rings. The summed E-state index contributed by atoms with van der Waals surface area (Å²) >= 11 is 0. The van der Waals surface area contributed by atoms with Crippen molar-refractivity contribution in [2.45, 2.75) is 13.0 Å². The minimum Gasteiger partial charge on any atom is -0.350 e. The molecule has 0 saturated carbocycles. The van der Waals surface area contributed by atoms with E-state index < -0.39 is 0 Å². The lowest BCUT2D eigenvalue weighted by Crippen LogP contribution is -2.27. The number of carbonyl (C=O) groups is 2. The Labute approximate surface area is 173 Å². The summed E-state index contributed by atoms with van der Waals surface area (Å²) in [7, 11) is 0. The Balaban J connectivity index is 1.48. The van der Waals surface area contributed by atoms with E-state index in [2.05, 4.69) is 20.6 Å². The highest BCUT2D eigenvalue weighted by Gasteiger charge is 2.21. The molecule has 2 amide bonds. The van der Waals surface area contributed by atoms with Crippen LogP contribution in [0.25, 0.3) is 5.52 Å². The number of hydrogen-bond donors (Lipinski definition) is 2. The number of benzene rings is 1. The molecule has 3 aromatic heterocycles. The maximum absolute atomic E-state index is 12.7. The van der Waals surface area contributed by atoms with Crippen molar-refractivity contribution in [1.82, 2.24) is 25.0 Å². The van der Waals surface area contributed by atoms with Gasteiger partial charge in [0, 0.05) is 31.7 Å². The molecule has 0 radical (unpaired) electrons. The zero-order valence-electron chi connectivity index (χ0n) is 16.3. The third kappa shape index (κ3) is 4.35. The topological polar surface area (TPSA) is 88.4 Å². The molecule has 7 heteroatoms. The first-order valence-electron chi connectivity index (χ1n) is 9.68. The fourth-order valence-corrected chi connectivity index (χ4v) is 3.18. The van der Waals surface area contributed by atoms with Crippen LogP contribution in [0.15, 0.2) is 79.3 Å². The molecule has 0 unspecified atom stereocenters. The van der Waals surface area contributed by atoms with E-state index in [-0.39, 0.29) is 23.3 Å². The molecule has 0 bridgehead atoms. The number of carbonyl (C=O) groups excluding carboxylic acids is 2. The van der Waals surface area contributed by atoms with Crippen molar-refractivity contribution in [1.29, 1.82) is 0 Å². The molecule has 4 rings (SSSR count). The lowest BCUT2D eigenvalue weighted by atomic mass is 10.1. The minimum atomic E-state index is -0.351. The van der Waals surface area contributed by atoms with Gasteiger partial charge >= 0.3 is 0 Å². The summed E-state index contributed by atoms with van der Waals surface area (Å²) in [6.07, 6.45) is 5.79. The van der Waals surface area contributed by atoms with Gasteiger partial charge in [-0.2, -0.15) is 0 Å². The summed E-state index contributed by atoms with van der Waals surface area (Å²) in [5.41, 5.74) is 2.89. The van der Waals surface area contributed by atoms with Crippen LogP contribution in [0.5, 0.6) is 0 Å². The van der Waals surface area contributed by atoms with Gasteiger partial charge in [-0.3, -0.25) is 19.0 Å². The highest BCUT2D eigenvalue weighted by molar-refractivity contribution is 6.02. The van der Waals surface area contributed by atoms with Crippen molar-refractivity contribution in [3.63, 3.8) is 0 Å². The molecule has 0 spiro atoms. The number of nitrogens with one attached hydrogen (secondary N) is 2. The first kappa shape index (κ1) is 19.3. The predicted molar refractivity (Wildman–Crippen MR) is 113 cm³/mol. The van der Waals surface area contributed by atoms with Gasteiger partial charge in [-0.1, -0.05) is 36.4 Å². The van der Waals surface area contributed by atoms with Crippen LogP contribution in [0.1, 0.15) is 32.2 Å². The number of fused-ring (bicyclic) bond motifs is 1. The second-order valence-corrected chi connectivity index (χ2v) is 6.77. The molecule has 4 aromatic rings. The Morgan fingerprint density at radius 2 is 1.60 bits per heavy atom. The lowest BCUT2D eigenvalue weighted by molar-refractivity contribution is 0.0939. The fourth-order valence-electron chi connectivity index (χ4n) is 3.18. The molecule has 30 heavy (non-hydrogen) atoms. The molecule has 0 aliphatic carbocycles. The van der Waals surface area contributed by atoms with E-state index in [1.807, 2.05) is 48.5 Å². The molecular weight excluding hydrogens is 378 g/mol. The number of pyridine rings is 2. The summed E-state index contributed by atoms with van der Waals surface area (Å²) in [4.78, 5) is 33.8. The second-order valence-electron chi connectivity index (χ2n) is 6.77. The lowest BCUT2D eigenvalue weighted by Gasteiger charge is -2.04. The van der Waals surface area contributed by atoms with E-state index in [0.29, 0.717) is 18.6 Å². The maximum Gasteiger partial charge on any atom is 0.287 e. The molecule has 0 fully saturated rings. The first-order chi connectivity index (χ1) is 14.7. The van der Waals surface area contributed by atoms with Crippen LogP contribution in [0.2, 0.25) is 0 Å². The second kappa shape index (κ2) is 9.00. The van der Waals surface area contributed by atoms with Crippen LogP contribution in [-0.2, 0) is 13.0 Å². The van der Waals surface area contributed by atoms with Crippen molar-refractivity contribution >= 4 is 17.3 Å². The van der Waals surface area contributed by atoms with Crippen LogP contribution in [-0.4, -0.2) is 32.7 Å². The molecule has 150 valence electrons. The largest absolute Gasteiger partial charge is 0.350 e. The van der Waals surface area contributed by atoms with Gasteiger partial charge in [0.1, 0.15) is 0 Å². The number of amides is 2. The van der Waals surface area contributed by atoms with E-state index in [9.17, 15) is 9.59 Å². The third-order valence-corrected chi connectivity index (χ3v) is 4.71. The summed E-state index contributed by atoms with van der Waals surface area (Å²) in [6.45, 7) is 0.833. The number of hydrogen-bond acceptors (Lipinski definition) is 4. The standard InChI is InChI=1S/C23H21N5O2/c29-22(25-14-11-17-6-2-1-3-7-17)20-19-8-4-5-15-28(19)21(27-20)23(30)26-16-18-9-12-24-13-10-18/h1-10,12-13,15H,11,14,16H2,(H,25,29)(H,26,30). The normalized spacial score (nSPS) is 10.7. The zero-order chi connectivity index (χ0) is 20.8. The molecule has 0 saturated heterocycles. The summed E-state index contributed by atoms with van der Waals surface area (Å²) in [5.74, 6) is -0.480. The van der Waals surface area contributed by atoms with Crippen molar-refractivity contribution in [2.24, 2.45) is 0 Å². The average molecular weight is 399 g/mol. The van der Waals surface area contributed by atoms with E-state index in [1.165, 1.54) is 0 Å². The molecule has 0 aliphatic heterocycles. The maximum atomic E-state index is 12.7. The summed E-state index contributed by atoms with van der Waals surface area (Å²) < 4.78 is 1.63. The minimum absolute atomic E-state index is 0.174. The van der Waals surface area contributed by atoms with E-state index in [4.69, 9.17) is 0 Å². The van der Waals surface area contributed by atoms with E-state index in [0.717, 1.165) is 17.5 Å². The Morgan fingerprint density at radius 1 is 0.833 bits per heavy atom. The quantitative estimate of drug-likeness (QED) is 0.500. The average Bonchev–Trinajstić information content (AvgIpc) is 3.19. The van der Waals surface area contributed by atoms with Crippen LogP contribution in [0, 0.1) is 0 Å². The van der Waals surface area contributed by atoms with Gasteiger partial charge in [0.25, 0.3) is 11.8 Å². The van der Waals surface area contributed by atoms with Crippen molar-refractivity contribution in [3.8, 4) is 0 Å². The van der Waals surface area contributed by atoms with E-state index in [1.54, 1.807) is 35.1 Å². The van der Waals surface area contributed by atoms with Gasteiger partial charge in [-0.15, -0.1) is 0 Å². The smallest absolute Gasteiger partial charge is 0.287 e. The molecule has 0 atom stereocenters. The Hall–Kier alpha value is -4.00. The van der Waals surface area contributed by atoms with Crippen molar-refractivity contribution in [2.75, 3.05) is 6.54 Å². The van der Waals surface area contributed by atoms with Gasteiger partial charge < -0.3 is 10.6 Å². The zero-order valence-corrected chi connectivity index (χ0v) is 16.3. The van der Waals surface area contributed by atoms with Crippen LogP contribution in [0.3, 0.4) is 0 Å². The number of aromatic nitrogens is 3. The van der Waals surface area contributed by atoms with E-state index >= 15 is 0 Å². The monoisotopic (exact) mass is 399 g/mol. The Bertz CT molecular complexity index is 1160. The van der Waals surface area contributed by atoms with Gasteiger partial charge in [-0.25, -0.2) is 4.98 Å². The van der Waals surface area contributed by atoms with Gasteiger partial charge in [-0.05, 0) is 41.8 Å². The number of rotatable bonds is 7. The Morgan fingerprint density at radius 3 is 2.40 bits per heavy atom. The molecule has 1 aromatic carbocycles.